The molecule has 3 rings (SSSR count). The van der Waals surface area contributed by atoms with Gasteiger partial charge in [-0.05, 0) is 11.5 Å². The summed E-state index contributed by atoms with van der Waals surface area (Å²) < 4.78 is 1.76. The predicted octanol–water partition coefficient (Wildman–Crippen LogP) is 3.76. The Bertz CT molecular complexity index is 792. The number of benzene rings is 1. The molecular formula is C17H18N4OS. The highest BCUT2D eigenvalue weighted by molar-refractivity contribution is 7.14. The summed E-state index contributed by atoms with van der Waals surface area (Å²) in [6.45, 7) is 4.80. The lowest BCUT2D eigenvalue weighted by Crippen LogP contribution is -2.11. The summed E-state index contributed by atoms with van der Waals surface area (Å²) in [5.41, 5.74) is 2.66. The van der Waals surface area contributed by atoms with Crippen molar-refractivity contribution in [3.63, 3.8) is 0 Å². The van der Waals surface area contributed by atoms with Gasteiger partial charge in [0.2, 0.25) is 0 Å². The Morgan fingerprint density at radius 1 is 1.30 bits per heavy atom. The van der Waals surface area contributed by atoms with Crippen LogP contribution in [-0.2, 0) is 6.54 Å². The molecule has 0 aliphatic rings. The Morgan fingerprint density at radius 3 is 2.78 bits per heavy atom. The van der Waals surface area contributed by atoms with E-state index in [0.717, 1.165) is 11.3 Å². The lowest BCUT2D eigenvalue weighted by atomic mass is 10.2. The molecule has 118 valence electrons. The average Bonchev–Trinajstić information content (AvgIpc) is 3.18. The van der Waals surface area contributed by atoms with Crippen LogP contribution in [0.5, 0.6) is 0 Å². The van der Waals surface area contributed by atoms with Gasteiger partial charge in [0.1, 0.15) is 0 Å². The van der Waals surface area contributed by atoms with Crippen LogP contribution in [0.25, 0.3) is 0 Å². The molecule has 1 N–H and O–H groups in total. The van der Waals surface area contributed by atoms with Crippen molar-refractivity contribution in [1.29, 1.82) is 0 Å². The lowest BCUT2D eigenvalue weighted by Gasteiger charge is -2.01. The summed E-state index contributed by atoms with van der Waals surface area (Å²) in [5.74, 6) is 0.166. The van der Waals surface area contributed by atoms with Crippen LogP contribution in [0, 0.1) is 0 Å². The minimum absolute atomic E-state index is 0.186. The van der Waals surface area contributed by atoms with E-state index in [2.05, 4.69) is 29.2 Å². The Morgan fingerprint density at radius 2 is 2.09 bits per heavy atom. The molecule has 1 amide bonds. The second-order valence-electron chi connectivity index (χ2n) is 5.60. The number of aromatic nitrogens is 3. The zero-order valence-corrected chi connectivity index (χ0v) is 13.9. The Balaban J connectivity index is 1.66. The van der Waals surface area contributed by atoms with Gasteiger partial charge >= 0.3 is 0 Å². The molecule has 0 unspecified atom stereocenters. The number of carbonyl (C=O) groups excluding carboxylic acids is 1. The van der Waals surface area contributed by atoms with Crippen LogP contribution in [0.4, 0.5) is 5.13 Å². The van der Waals surface area contributed by atoms with Crippen LogP contribution in [0.2, 0.25) is 0 Å². The first kappa shape index (κ1) is 15.4. The van der Waals surface area contributed by atoms with E-state index >= 15 is 0 Å². The summed E-state index contributed by atoms with van der Waals surface area (Å²) in [5, 5.41) is 9.66. The smallest absolute Gasteiger partial charge is 0.260 e. The molecule has 0 saturated carbocycles. The molecule has 0 saturated heterocycles. The van der Waals surface area contributed by atoms with Crippen molar-refractivity contribution in [2.75, 3.05) is 5.32 Å². The maximum Gasteiger partial charge on any atom is 0.260 e. The first-order valence-corrected chi connectivity index (χ1v) is 8.33. The van der Waals surface area contributed by atoms with Crippen molar-refractivity contribution in [2.24, 2.45) is 0 Å². The van der Waals surface area contributed by atoms with E-state index in [4.69, 9.17) is 0 Å². The molecule has 6 heteroatoms. The summed E-state index contributed by atoms with van der Waals surface area (Å²) in [6, 6.07) is 10.0. The Hall–Kier alpha value is -2.47. The van der Waals surface area contributed by atoms with Crippen LogP contribution in [0.15, 0.2) is 48.1 Å². The zero-order valence-electron chi connectivity index (χ0n) is 13.1. The summed E-state index contributed by atoms with van der Waals surface area (Å²) >= 11 is 1.44. The highest BCUT2D eigenvalue weighted by Gasteiger charge is 2.12. The number of hydrogen-bond donors (Lipinski definition) is 1. The molecule has 0 aliphatic heterocycles. The van der Waals surface area contributed by atoms with Crippen LogP contribution < -0.4 is 5.32 Å². The van der Waals surface area contributed by atoms with Gasteiger partial charge in [0.25, 0.3) is 5.91 Å². The van der Waals surface area contributed by atoms with Crippen molar-refractivity contribution in [3.05, 3.63) is 64.9 Å². The number of hydrogen-bond acceptors (Lipinski definition) is 4. The summed E-state index contributed by atoms with van der Waals surface area (Å²) in [7, 11) is 0. The van der Waals surface area contributed by atoms with E-state index < -0.39 is 0 Å². The number of nitrogens with one attached hydrogen (secondary N) is 1. The second kappa shape index (κ2) is 6.75. The van der Waals surface area contributed by atoms with Gasteiger partial charge in [-0.2, -0.15) is 5.10 Å². The second-order valence-corrected chi connectivity index (χ2v) is 6.46. The van der Waals surface area contributed by atoms with Gasteiger partial charge < -0.3 is 0 Å². The summed E-state index contributed by atoms with van der Waals surface area (Å²) in [4.78, 5) is 16.7. The number of anilines is 1. The van der Waals surface area contributed by atoms with Gasteiger partial charge in [-0.1, -0.05) is 44.2 Å². The van der Waals surface area contributed by atoms with Crippen molar-refractivity contribution in [1.82, 2.24) is 14.8 Å². The number of thiazole rings is 1. The normalized spacial score (nSPS) is 10.9. The van der Waals surface area contributed by atoms with Crippen molar-refractivity contribution < 1.29 is 4.79 Å². The van der Waals surface area contributed by atoms with E-state index in [1.54, 1.807) is 17.1 Å². The molecule has 23 heavy (non-hydrogen) atoms. The predicted molar refractivity (Wildman–Crippen MR) is 91.9 cm³/mol. The molecule has 2 heterocycles. The van der Waals surface area contributed by atoms with E-state index in [0.29, 0.717) is 23.2 Å². The Labute approximate surface area is 139 Å². The minimum Gasteiger partial charge on any atom is -0.298 e. The average molecular weight is 326 g/mol. The first-order chi connectivity index (χ1) is 11.1. The summed E-state index contributed by atoms with van der Waals surface area (Å²) in [6.07, 6.45) is 3.33. The van der Waals surface area contributed by atoms with E-state index in [-0.39, 0.29) is 5.91 Å². The van der Waals surface area contributed by atoms with Gasteiger partial charge in [0.15, 0.2) is 5.13 Å². The first-order valence-electron chi connectivity index (χ1n) is 7.45. The molecule has 0 aliphatic carbocycles. The van der Waals surface area contributed by atoms with Crippen molar-refractivity contribution in [3.8, 4) is 0 Å². The highest BCUT2D eigenvalue weighted by atomic mass is 32.1. The molecule has 5 nitrogen and oxygen atoms in total. The SMILES string of the molecule is CC(C)c1csc(NC(=O)c2cnn(Cc3ccccc3)c2)n1. The number of rotatable bonds is 5. The molecule has 0 atom stereocenters. The number of carbonyl (C=O) groups is 1. The third-order valence-electron chi connectivity index (χ3n) is 3.42. The quantitative estimate of drug-likeness (QED) is 0.776. The maximum atomic E-state index is 12.3. The van der Waals surface area contributed by atoms with Gasteiger partial charge in [0.05, 0.1) is 24.0 Å². The lowest BCUT2D eigenvalue weighted by molar-refractivity contribution is 0.102. The van der Waals surface area contributed by atoms with Gasteiger partial charge in [0, 0.05) is 11.6 Å². The third-order valence-corrected chi connectivity index (χ3v) is 4.19. The topological polar surface area (TPSA) is 59.8 Å². The molecule has 0 bridgehead atoms. The largest absolute Gasteiger partial charge is 0.298 e. The van der Waals surface area contributed by atoms with E-state index in [9.17, 15) is 4.79 Å². The minimum atomic E-state index is -0.186. The number of amides is 1. The van der Waals surface area contributed by atoms with E-state index in [1.165, 1.54) is 11.3 Å². The van der Waals surface area contributed by atoms with Crippen LogP contribution in [-0.4, -0.2) is 20.7 Å². The van der Waals surface area contributed by atoms with Crippen molar-refractivity contribution in [2.45, 2.75) is 26.3 Å². The van der Waals surface area contributed by atoms with Crippen LogP contribution in [0.1, 0.15) is 41.4 Å². The molecule has 0 fully saturated rings. The van der Waals surface area contributed by atoms with E-state index in [1.807, 2.05) is 35.7 Å². The fourth-order valence-electron chi connectivity index (χ4n) is 2.12. The highest BCUT2D eigenvalue weighted by Crippen LogP contribution is 2.21. The van der Waals surface area contributed by atoms with Crippen LogP contribution >= 0.6 is 11.3 Å². The van der Waals surface area contributed by atoms with Crippen molar-refractivity contribution >= 4 is 22.4 Å². The molecular weight excluding hydrogens is 308 g/mol. The molecule has 0 spiro atoms. The molecule has 0 radical (unpaired) electrons. The monoisotopic (exact) mass is 326 g/mol. The molecule has 3 aromatic rings. The fraction of sp³-hybridized carbons (Fsp3) is 0.235. The van der Waals surface area contributed by atoms with Gasteiger partial charge in [-0.25, -0.2) is 4.98 Å². The van der Waals surface area contributed by atoms with Gasteiger partial charge in [-0.3, -0.25) is 14.8 Å². The Kier molecular flexibility index (Phi) is 4.52. The zero-order chi connectivity index (χ0) is 16.2. The molecule has 1 aromatic carbocycles. The third kappa shape index (κ3) is 3.84. The van der Waals surface area contributed by atoms with Crippen LogP contribution in [0.3, 0.4) is 0 Å². The standard InChI is InChI=1S/C17H18N4OS/c1-12(2)15-11-23-17(19-15)20-16(22)14-8-18-21(10-14)9-13-6-4-3-5-7-13/h3-8,10-12H,9H2,1-2H3,(H,19,20,22). The number of nitrogens with zero attached hydrogens (tertiary/aromatic N) is 3. The van der Waals surface area contributed by atoms with Gasteiger partial charge in [-0.15, -0.1) is 11.3 Å². The fourth-order valence-corrected chi connectivity index (χ4v) is 2.98. The maximum absolute atomic E-state index is 12.3. The molecule has 2 aromatic heterocycles.